The van der Waals surface area contributed by atoms with Crippen LogP contribution < -0.4 is 11.2 Å². The van der Waals surface area contributed by atoms with E-state index in [4.69, 9.17) is 9.31 Å². The molecule has 1 aliphatic heterocycles. The van der Waals surface area contributed by atoms with Crippen LogP contribution in [0.1, 0.15) is 27.7 Å². The third-order valence-corrected chi connectivity index (χ3v) is 4.74. The molecule has 8 heteroatoms. The van der Waals surface area contributed by atoms with Gasteiger partial charge in [0.25, 0.3) is 5.56 Å². The van der Waals surface area contributed by atoms with Crippen LogP contribution >= 0.6 is 11.3 Å². The van der Waals surface area contributed by atoms with E-state index >= 15 is 0 Å². The van der Waals surface area contributed by atoms with Crippen LogP contribution in [0.25, 0.3) is 5.13 Å². The van der Waals surface area contributed by atoms with E-state index in [0.717, 1.165) is 0 Å². The van der Waals surface area contributed by atoms with Gasteiger partial charge in [0.15, 0.2) is 0 Å². The highest BCUT2D eigenvalue weighted by Gasteiger charge is 2.52. The van der Waals surface area contributed by atoms with Crippen LogP contribution in [0.3, 0.4) is 0 Å². The third-order valence-electron chi connectivity index (χ3n) is 3.90. The van der Waals surface area contributed by atoms with Crippen molar-refractivity contribution in [3.05, 3.63) is 34.1 Å². The first-order valence-electron chi connectivity index (χ1n) is 6.66. The summed E-state index contributed by atoms with van der Waals surface area (Å²) in [5, 5.41) is 6.35. The number of aromatic nitrogens is 3. The molecule has 0 unspecified atom stereocenters. The van der Waals surface area contributed by atoms with Crippen LogP contribution in [0.5, 0.6) is 0 Å². The quantitative estimate of drug-likeness (QED) is 0.774. The Morgan fingerprint density at radius 1 is 1.24 bits per heavy atom. The molecule has 21 heavy (non-hydrogen) atoms. The molecule has 0 N–H and O–H groups in total. The van der Waals surface area contributed by atoms with Crippen molar-refractivity contribution in [2.24, 2.45) is 0 Å². The highest BCUT2D eigenvalue weighted by Crippen LogP contribution is 2.36. The molecule has 0 radical (unpaired) electrons. The Hall–Kier alpha value is -1.51. The maximum atomic E-state index is 11.8. The summed E-state index contributed by atoms with van der Waals surface area (Å²) in [6.07, 6.45) is 1.55. The van der Waals surface area contributed by atoms with E-state index in [-0.39, 0.29) is 5.56 Å². The lowest BCUT2D eigenvalue weighted by Crippen LogP contribution is -2.41. The maximum Gasteiger partial charge on any atom is 0.515 e. The smallest absolute Gasteiger partial charge is 0.398 e. The van der Waals surface area contributed by atoms with Crippen LogP contribution in [0.2, 0.25) is 0 Å². The van der Waals surface area contributed by atoms with E-state index in [9.17, 15) is 4.79 Å². The second-order valence-corrected chi connectivity index (χ2v) is 6.75. The van der Waals surface area contributed by atoms with Crippen LogP contribution in [-0.4, -0.2) is 33.1 Å². The predicted molar refractivity (Wildman–Crippen MR) is 81.2 cm³/mol. The van der Waals surface area contributed by atoms with Gasteiger partial charge in [-0.3, -0.25) is 4.79 Å². The summed E-state index contributed by atoms with van der Waals surface area (Å²) in [5.41, 5.74) is -0.384. The van der Waals surface area contributed by atoms with Gasteiger partial charge in [0.05, 0.1) is 16.8 Å². The fourth-order valence-electron chi connectivity index (χ4n) is 1.95. The monoisotopic (exact) mass is 305 g/mol. The Bertz CT molecular complexity index is 709. The second kappa shape index (κ2) is 4.76. The van der Waals surface area contributed by atoms with E-state index in [1.165, 1.54) is 22.1 Å². The molecule has 0 aromatic carbocycles. The zero-order valence-corrected chi connectivity index (χ0v) is 13.2. The molecule has 110 valence electrons. The zero-order valence-electron chi connectivity index (χ0n) is 12.4. The molecule has 2 aromatic heterocycles. The Morgan fingerprint density at radius 2 is 1.90 bits per heavy atom. The highest BCUT2D eigenvalue weighted by atomic mass is 32.1. The maximum absolute atomic E-state index is 11.8. The van der Waals surface area contributed by atoms with Crippen molar-refractivity contribution in [1.82, 2.24) is 14.8 Å². The average molecular weight is 305 g/mol. The fourth-order valence-corrected chi connectivity index (χ4v) is 2.73. The molecule has 2 aromatic rings. The van der Waals surface area contributed by atoms with Crippen molar-refractivity contribution in [3.63, 3.8) is 0 Å². The summed E-state index contributed by atoms with van der Waals surface area (Å²) >= 11 is 1.33. The van der Waals surface area contributed by atoms with E-state index in [2.05, 4.69) is 10.1 Å². The molecule has 1 fully saturated rings. The zero-order chi connectivity index (χ0) is 15.3. The highest BCUT2D eigenvalue weighted by molar-refractivity contribution is 7.13. The molecule has 1 saturated heterocycles. The van der Waals surface area contributed by atoms with Gasteiger partial charge in [-0.05, 0) is 33.8 Å². The Morgan fingerprint density at radius 3 is 2.52 bits per heavy atom. The summed E-state index contributed by atoms with van der Waals surface area (Å²) in [7, 11) is -0.528. The van der Waals surface area contributed by atoms with E-state index < -0.39 is 18.3 Å². The average Bonchev–Trinajstić information content (AvgIpc) is 2.94. The van der Waals surface area contributed by atoms with Crippen molar-refractivity contribution in [1.29, 1.82) is 0 Å². The Balaban J connectivity index is 1.91. The first-order valence-corrected chi connectivity index (χ1v) is 7.54. The summed E-state index contributed by atoms with van der Waals surface area (Å²) in [6, 6.07) is 3.05. The van der Waals surface area contributed by atoms with Crippen LogP contribution in [0.15, 0.2) is 28.5 Å². The SMILES string of the molecule is CC1(C)OB(c2csc(-n3ncccc3=O)n2)OC1(C)C. The van der Waals surface area contributed by atoms with Gasteiger partial charge < -0.3 is 9.31 Å². The second-order valence-electron chi connectivity index (χ2n) is 5.92. The van der Waals surface area contributed by atoms with E-state index in [1.807, 2.05) is 33.1 Å². The molecular formula is C13H16BN3O3S. The molecule has 6 nitrogen and oxygen atoms in total. The number of thiazole rings is 1. The minimum Gasteiger partial charge on any atom is -0.398 e. The summed E-state index contributed by atoms with van der Waals surface area (Å²) < 4.78 is 13.2. The number of hydrogen-bond acceptors (Lipinski definition) is 6. The van der Waals surface area contributed by atoms with Gasteiger partial charge >= 0.3 is 7.12 Å². The topological polar surface area (TPSA) is 66.2 Å². The van der Waals surface area contributed by atoms with Gasteiger partial charge in [0.2, 0.25) is 5.13 Å². The molecule has 3 heterocycles. The third kappa shape index (κ3) is 2.43. The van der Waals surface area contributed by atoms with Crippen LogP contribution in [-0.2, 0) is 9.31 Å². The van der Waals surface area contributed by atoms with Gasteiger partial charge in [-0.2, -0.15) is 9.78 Å². The van der Waals surface area contributed by atoms with Gasteiger partial charge in [-0.25, -0.2) is 4.98 Å². The minimum absolute atomic E-state index is 0.215. The van der Waals surface area contributed by atoms with Crippen molar-refractivity contribution in [2.75, 3.05) is 0 Å². The molecule has 0 spiro atoms. The molecule has 0 bridgehead atoms. The predicted octanol–water partition coefficient (Wildman–Crippen LogP) is 0.988. The molecule has 1 aliphatic rings. The first-order chi connectivity index (χ1) is 9.80. The van der Waals surface area contributed by atoms with Crippen LogP contribution in [0, 0.1) is 0 Å². The molecular weight excluding hydrogens is 289 g/mol. The van der Waals surface area contributed by atoms with Crippen molar-refractivity contribution < 1.29 is 9.31 Å². The number of hydrogen-bond donors (Lipinski definition) is 0. The fraction of sp³-hybridized carbons (Fsp3) is 0.462. The molecule has 0 saturated carbocycles. The minimum atomic E-state index is -0.528. The normalized spacial score (nSPS) is 19.9. The number of nitrogens with zero attached hydrogens (tertiary/aromatic N) is 3. The van der Waals surface area contributed by atoms with Gasteiger partial charge in [0, 0.05) is 17.6 Å². The first kappa shape index (κ1) is 14.4. The van der Waals surface area contributed by atoms with Crippen molar-refractivity contribution in [2.45, 2.75) is 38.9 Å². The molecule has 3 rings (SSSR count). The Kier molecular flexibility index (Phi) is 3.27. The van der Waals surface area contributed by atoms with Crippen LogP contribution in [0.4, 0.5) is 0 Å². The molecule has 0 atom stereocenters. The number of rotatable bonds is 2. The van der Waals surface area contributed by atoms with Gasteiger partial charge in [-0.1, -0.05) is 0 Å². The standard InChI is InChI=1S/C13H16BN3O3S/c1-12(2)13(3,4)20-14(19-12)9-8-21-11(16-9)17-10(18)6-5-7-15-17/h5-8H,1-4H3. The Labute approximate surface area is 126 Å². The van der Waals surface area contributed by atoms with Crippen molar-refractivity contribution >= 4 is 24.0 Å². The largest absolute Gasteiger partial charge is 0.515 e. The van der Waals surface area contributed by atoms with Gasteiger partial charge in [-0.15, -0.1) is 11.3 Å². The molecule has 0 aliphatic carbocycles. The summed E-state index contributed by atoms with van der Waals surface area (Å²) in [4.78, 5) is 16.2. The summed E-state index contributed by atoms with van der Waals surface area (Å²) in [6.45, 7) is 7.96. The van der Waals surface area contributed by atoms with Gasteiger partial charge in [0.1, 0.15) is 0 Å². The molecule has 0 amide bonds. The van der Waals surface area contributed by atoms with E-state index in [1.54, 1.807) is 12.3 Å². The van der Waals surface area contributed by atoms with E-state index in [0.29, 0.717) is 10.7 Å². The summed E-state index contributed by atoms with van der Waals surface area (Å²) in [5.74, 6) is 0. The van der Waals surface area contributed by atoms with Crippen molar-refractivity contribution in [3.8, 4) is 5.13 Å². The lowest BCUT2D eigenvalue weighted by molar-refractivity contribution is 0.00578. The lowest BCUT2D eigenvalue weighted by Gasteiger charge is -2.32. The lowest BCUT2D eigenvalue weighted by atomic mass is 9.86.